The van der Waals surface area contributed by atoms with Crippen LogP contribution in [0.3, 0.4) is 0 Å². The third kappa shape index (κ3) is 4.37. The van der Waals surface area contributed by atoms with E-state index < -0.39 is 5.97 Å². The summed E-state index contributed by atoms with van der Waals surface area (Å²) in [6.07, 6.45) is 3.58. The average Bonchev–Trinajstić information content (AvgIpc) is 3.41. The Morgan fingerprint density at radius 1 is 1.21 bits per heavy atom. The van der Waals surface area contributed by atoms with E-state index in [1.165, 1.54) is 6.07 Å². The number of benzene rings is 2. The predicted molar refractivity (Wildman–Crippen MR) is 101 cm³/mol. The first-order chi connectivity index (χ1) is 14.1. The molecular formula is C21H17FN4O3. The minimum atomic E-state index is -0.503. The quantitative estimate of drug-likeness (QED) is 0.464. The lowest BCUT2D eigenvalue weighted by Crippen LogP contribution is -2.06. The van der Waals surface area contributed by atoms with Crippen LogP contribution >= 0.6 is 0 Å². The summed E-state index contributed by atoms with van der Waals surface area (Å²) in [5, 5.41) is 7.95. The zero-order valence-electron chi connectivity index (χ0n) is 15.6. The van der Waals surface area contributed by atoms with E-state index in [0.29, 0.717) is 23.2 Å². The summed E-state index contributed by atoms with van der Waals surface area (Å²) >= 11 is 0. The summed E-state index contributed by atoms with van der Waals surface area (Å²) in [5.74, 6) is -0.490. The number of rotatable bonds is 6. The van der Waals surface area contributed by atoms with Gasteiger partial charge in [0.15, 0.2) is 6.61 Å². The topological polar surface area (TPSA) is 83.0 Å². The highest BCUT2D eigenvalue weighted by Gasteiger charge is 2.13. The molecule has 0 amide bonds. The Morgan fingerprint density at radius 3 is 2.76 bits per heavy atom. The Hall–Kier alpha value is -3.81. The molecule has 146 valence electrons. The van der Waals surface area contributed by atoms with Crippen molar-refractivity contribution in [1.82, 2.24) is 19.9 Å². The number of hydrogen-bond acceptors (Lipinski definition) is 6. The lowest BCUT2D eigenvalue weighted by molar-refractivity contribution is 0.0430. The first-order valence-corrected chi connectivity index (χ1v) is 8.91. The highest BCUT2D eigenvalue weighted by Crippen LogP contribution is 2.19. The van der Waals surface area contributed by atoms with Crippen LogP contribution in [0.15, 0.2) is 65.4 Å². The fraction of sp³-hybridized carbons (Fsp3) is 0.143. The number of halogens is 1. The van der Waals surface area contributed by atoms with Gasteiger partial charge in [-0.25, -0.2) is 9.18 Å². The van der Waals surface area contributed by atoms with Gasteiger partial charge in [0.25, 0.3) is 5.89 Å². The molecule has 0 spiro atoms. The average molecular weight is 392 g/mol. The normalized spacial score (nSPS) is 10.8. The lowest BCUT2D eigenvalue weighted by Gasteiger charge is -2.04. The largest absolute Gasteiger partial charge is 0.452 e. The zero-order valence-corrected chi connectivity index (χ0v) is 15.6. The molecule has 4 rings (SSSR count). The minimum absolute atomic E-state index is 0.129. The van der Waals surface area contributed by atoms with E-state index in [1.807, 2.05) is 24.4 Å². The monoisotopic (exact) mass is 392 g/mol. The van der Waals surface area contributed by atoms with Crippen molar-refractivity contribution in [2.45, 2.75) is 20.1 Å². The van der Waals surface area contributed by atoms with Crippen LogP contribution in [0, 0.1) is 12.7 Å². The Bertz CT molecular complexity index is 1120. The molecule has 0 aliphatic rings. The van der Waals surface area contributed by atoms with Crippen molar-refractivity contribution >= 4 is 5.97 Å². The summed E-state index contributed by atoms with van der Waals surface area (Å²) in [6.45, 7) is 2.12. The number of aromatic nitrogens is 4. The fourth-order valence-electron chi connectivity index (χ4n) is 2.70. The summed E-state index contributed by atoms with van der Waals surface area (Å²) < 4.78 is 25.8. The molecule has 0 saturated carbocycles. The molecule has 0 bridgehead atoms. The highest BCUT2D eigenvalue weighted by molar-refractivity contribution is 5.89. The van der Waals surface area contributed by atoms with Gasteiger partial charge < -0.3 is 9.26 Å². The number of aryl methyl sites for hydroxylation is 1. The molecule has 0 atom stereocenters. The van der Waals surface area contributed by atoms with Gasteiger partial charge in [0, 0.05) is 18.0 Å². The Kier molecular flexibility index (Phi) is 5.15. The van der Waals surface area contributed by atoms with E-state index >= 15 is 0 Å². The van der Waals surface area contributed by atoms with E-state index in [2.05, 4.69) is 15.2 Å². The van der Waals surface area contributed by atoms with Crippen LogP contribution in [0.2, 0.25) is 0 Å². The van der Waals surface area contributed by atoms with E-state index in [-0.39, 0.29) is 24.1 Å². The highest BCUT2D eigenvalue weighted by atomic mass is 19.1. The van der Waals surface area contributed by atoms with E-state index in [9.17, 15) is 9.18 Å². The van der Waals surface area contributed by atoms with Crippen molar-refractivity contribution in [2.75, 3.05) is 0 Å². The Labute approximate surface area is 165 Å². The molecule has 4 aromatic rings. The van der Waals surface area contributed by atoms with E-state index in [4.69, 9.17) is 9.26 Å². The van der Waals surface area contributed by atoms with Crippen molar-refractivity contribution < 1.29 is 18.4 Å². The van der Waals surface area contributed by atoms with Crippen LogP contribution in [0.4, 0.5) is 4.39 Å². The number of ether oxygens (including phenoxy) is 1. The molecule has 0 fully saturated rings. The third-order valence-electron chi connectivity index (χ3n) is 4.32. The third-order valence-corrected chi connectivity index (χ3v) is 4.32. The summed E-state index contributed by atoms with van der Waals surface area (Å²) in [5.41, 5.74) is 2.44. The SMILES string of the molecule is Cc1ccc(-c2noc(COC(=O)c3ccc(Cn4cccn4)cc3)n2)cc1F. The molecule has 0 unspecified atom stereocenters. The van der Waals surface area contributed by atoms with Gasteiger partial charge in [-0.15, -0.1) is 0 Å². The second-order valence-corrected chi connectivity index (χ2v) is 6.45. The van der Waals surface area contributed by atoms with Gasteiger partial charge in [-0.2, -0.15) is 10.1 Å². The maximum atomic E-state index is 13.7. The van der Waals surface area contributed by atoms with Crippen molar-refractivity contribution in [3.8, 4) is 11.4 Å². The van der Waals surface area contributed by atoms with Gasteiger partial charge in [-0.05, 0) is 42.3 Å². The Balaban J connectivity index is 1.36. The summed E-state index contributed by atoms with van der Waals surface area (Å²) in [6, 6.07) is 13.6. The minimum Gasteiger partial charge on any atom is -0.452 e. The van der Waals surface area contributed by atoms with E-state index in [0.717, 1.165) is 5.56 Å². The first-order valence-electron chi connectivity index (χ1n) is 8.91. The molecule has 0 saturated heterocycles. The molecule has 29 heavy (non-hydrogen) atoms. The molecule has 7 nitrogen and oxygen atoms in total. The molecule has 2 aromatic carbocycles. The molecule has 0 aliphatic heterocycles. The first kappa shape index (κ1) is 18.5. The molecule has 2 aromatic heterocycles. The van der Waals surface area contributed by atoms with Crippen molar-refractivity contribution in [3.63, 3.8) is 0 Å². The molecule has 0 aliphatic carbocycles. The van der Waals surface area contributed by atoms with Gasteiger partial charge in [0.1, 0.15) is 5.82 Å². The predicted octanol–water partition coefficient (Wildman–Crippen LogP) is 3.79. The number of carbonyl (C=O) groups excluding carboxylic acids is 1. The standard InChI is InChI=1S/C21H17FN4O3/c1-14-3-6-17(11-18(14)22)20-24-19(29-25-20)13-28-21(27)16-7-4-15(5-8-16)12-26-10-2-9-23-26/h2-11H,12-13H2,1H3. The van der Waals surface area contributed by atoms with Gasteiger partial charge in [0.2, 0.25) is 5.82 Å². The maximum Gasteiger partial charge on any atom is 0.338 e. The summed E-state index contributed by atoms with van der Waals surface area (Å²) in [4.78, 5) is 16.4. The fourth-order valence-corrected chi connectivity index (χ4v) is 2.70. The van der Waals surface area contributed by atoms with Crippen molar-refractivity contribution in [2.24, 2.45) is 0 Å². The second-order valence-electron chi connectivity index (χ2n) is 6.45. The van der Waals surface area contributed by atoms with Gasteiger partial charge in [-0.1, -0.05) is 29.4 Å². The van der Waals surface area contributed by atoms with Crippen LogP contribution in [0.25, 0.3) is 11.4 Å². The number of nitrogens with zero attached hydrogens (tertiary/aromatic N) is 4. The number of hydrogen-bond donors (Lipinski definition) is 0. The van der Waals surface area contributed by atoms with Gasteiger partial charge in [0.05, 0.1) is 12.1 Å². The van der Waals surface area contributed by atoms with Crippen LogP contribution in [0.5, 0.6) is 0 Å². The van der Waals surface area contributed by atoms with Gasteiger partial charge in [-0.3, -0.25) is 4.68 Å². The van der Waals surface area contributed by atoms with Gasteiger partial charge >= 0.3 is 5.97 Å². The van der Waals surface area contributed by atoms with Crippen LogP contribution < -0.4 is 0 Å². The Morgan fingerprint density at radius 2 is 2.03 bits per heavy atom. The van der Waals surface area contributed by atoms with Crippen LogP contribution in [-0.2, 0) is 17.9 Å². The zero-order chi connectivity index (χ0) is 20.2. The molecular weight excluding hydrogens is 375 g/mol. The molecule has 0 N–H and O–H groups in total. The second kappa shape index (κ2) is 8.05. The lowest BCUT2D eigenvalue weighted by atomic mass is 10.1. The number of carbonyl (C=O) groups is 1. The molecule has 0 radical (unpaired) electrons. The van der Waals surface area contributed by atoms with Crippen LogP contribution in [0.1, 0.15) is 27.4 Å². The van der Waals surface area contributed by atoms with Crippen LogP contribution in [-0.4, -0.2) is 25.9 Å². The molecule has 2 heterocycles. The van der Waals surface area contributed by atoms with Crippen molar-refractivity contribution in [1.29, 1.82) is 0 Å². The summed E-state index contributed by atoms with van der Waals surface area (Å²) in [7, 11) is 0. The molecule has 8 heteroatoms. The maximum absolute atomic E-state index is 13.7. The van der Waals surface area contributed by atoms with E-state index in [1.54, 1.807) is 42.1 Å². The number of esters is 1. The van der Waals surface area contributed by atoms with Crippen molar-refractivity contribution in [3.05, 3.63) is 89.3 Å². The smallest absolute Gasteiger partial charge is 0.338 e.